The Hall–Kier alpha value is -3.08. The highest BCUT2D eigenvalue weighted by Crippen LogP contribution is 2.23. The van der Waals surface area contributed by atoms with Crippen molar-refractivity contribution in [2.75, 3.05) is 11.9 Å². The summed E-state index contributed by atoms with van der Waals surface area (Å²) in [5, 5.41) is 7.81. The number of carbonyl (C=O) groups excluding carboxylic acids is 1. The maximum atomic E-state index is 12.2. The highest BCUT2D eigenvalue weighted by Gasteiger charge is 2.22. The SMILES string of the molecule is Cc1cccc(OCC(=O)N[C@H]2CC[C@@H](Nc3ccc4ccccc4n3)CC2)c1. The van der Waals surface area contributed by atoms with Gasteiger partial charge in [-0.1, -0.05) is 30.3 Å². The zero-order chi connectivity index (χ0) is 20.1. The van der Waals surface area contributed by atoms with Crippen molar-refractivity contribution < 1.29 is 9.53 Å². The first-order valence-corrected chi connectivity index (χ1v) is 10.3. The molecule has 4 rings (SSSR count). The van der Waals surface area contributed by atoms with Crippen molar-refractivity contribution in [2.24, 2.45) is 0 Å². The molecule has 0 aliphatic heterocycles. The molecule has 5 heteroatoms. The van der Waals surface area contributed by atoms with E-state index in [1.54, 1.807) is 0 Å². The van der Waals surface area contributed by atoms with Crippen molar-refractivity contribution in [3.05, 3.63) is 66.2 Å². The van der Waals surface area contributed by atoms with Gasteiger partial charge in [0.2, 0.25) is 0 Å². The van der Waals surface area contributed by atoms with Crippen molar-refractivity contribution in [2.45, 2.75) is 44.7 Å². The van der Waals surface area contributed by atoms with Crippen molar-refractivity contribution in [3.8, 4) is 5.75 Å². The van der Waals surface area contributed by atoms with E-state index in [-0.39, 0.29) is 18.6 Å². The summed E-state index contributed by atoms with van der Waals surface area (Å²) in [7, 11) is 0. The highest BCUT2D eigenvalue weighted by atomic mass is 16.5. The van der Waals surface area contributed by atoms with Crippen LogP contribution in [0.2, 0.25) is 0 Å². The number of hydrogen-bond acceptors (Lipinski definition) is 4. The zero-order valence-corrected chi connectivity index (χ0v) is 16.7. The minimum Gasteiger partial charge on any atom is -0.484 e. The Labute approximate surface area is 171 Å². The topological polar surface area (TPSA) is 63.2 Å². The molecule has 2 N–H and O–H groups in total. The van der Waals surface area contributed by atoms with Gasteiger partial charge in [0.15, 0.2) is 6.61 Å². The van der Waals surface area contributed by atoms with Crippen LogP contribution in [-0.2, 0) is 4.79 Å². The van der Waals surface area contributed by atoms with Crippen molar-refractivity contribution >= 4 is 22.6 Å². The summed E-state index contributed by atoms with van der Waals surface area (Å²) in [5.41, 5.74) is 2.13. The molecule has 1 aliphatic rings. The number of rotatable bonds is 6. The summed E-state index contributed by atoms with van der Waals surface area (Å²) in [6.07, 6.45) is 3.94. The number of nitrogens with zero attached hydrogens (tertiary/aromatic N) is 1. The van der Waals surface area contributed by atoms with Crippen LogP contribution in [0.1, 0.15) is 31.2 Å². The van der Waals surface area contributed by atoms with Gasteiger partial charge in [-0.3, -0.25) is 4.79 Å². The number of anilines is 1. The lowest BCUT2D eigenvalue weighted by Crippen LogP contribution is -2.42. The van der Waals surface area contributed by atoms with Crippen LogP contribution in [0.15, 0.2) is 60.7 Å². The summed E-state index contributed by atoms with van der Waals surface area (Å²) in [5.74, 6) is 1.60. The Morgan fingerprint density at radius 3 is 2.62 bits per heavy atom. The second-order valence-corrected chi connectivity index (χ2v) is 7.75. The molecule has 3 aromatic rings. The van der Waals surface area contributed by atoms with Gasteiger partial charge >= 0.3 is 0 Å². The molecular weight excluding hydrogens is 362 g/mol. The van der Waals surface area contributed by atoms with Crippen LogP contribution in [0.4, 0.5) is 5.82 Å². The van der Waals surface area contributed by atoms with Crippen molar-refractivity contribution in [1.82, 2.24) is 10.3 Å². The summed E-state index contributed by atoms with van der Waals surface area (Å²) >= 11 is 0. The van der Waals surface area contributed by atoms with Crippen molar-refractivity contribution in [1.29, 1.82) is 0 Å². The third-order valence-corrected chi connectivity index (χ3v) is 5.40. The number of para-hydroxylation sites is 1. The molecule has 2 aromatic carbocycles. The fourth-order valence-electron chi connectivity index (χ4n) is 3.86. The molecule has 1 saturated carbocycles. The smallest absolute Gasteiger partial charge is 0.258 e. The number of carbonyl (C=O) groups is 1. The van der Waals surface area contributed by atoms with Crippen LogP contribution in [0.25, 0.3) is 10.9 Å². The monoisotopic (exact) mass is 389 g/mol. The Morgan fingerprint density at radius 2 is 1.79 bits per heavy atom. The first kappa shape index (κ1) is 19.2. The van der Waals surface area contributed by atoms with Crippen LogP contribution in [-0.4, -0.2) is 29.6 Å². The number of hydrogen-bond donors (Lipinski definition) is 2. The molecule has 1 aliphatic carbocycles. The van der Waals surface area contributed by atoms with Gasteiger partial charge in [0, 0.05) is 17.5 Å². The fraction of sp³-hybridized carbons (Fsp3) is 0.333. The number of nitrogens with one attached hydrogen (secondary N) is 2. The summed E-state index contributed by atoms with van der Waals surface area (Å²) in [6, 6.07) is 20.6. The molecule has 1 fully saturated rings. The molecule has 1 amide bonds. The molecule has 150 valence electrons. The third-order valence-electron chi connectivity index (χ3n) is 5.40. The lowest BCUT2D eigenvalue weighted by molar-refractivity contribution is -0.124. The number of ether oxygens (including phenoxy) is 1. The molecule has 5 nitrogen and oxygen atoms in total. The number of aryl methyl sites for hydroxylation is 1. The molecule has 29 heavy (non-hydrogen) atoms. The lowest BCUT2D eigenvalue weighted by atomic mass is 9.91. The maximum absolute atomic E-state index is 12.2. The quantitative estimate of drug-likeness (QED) is 0.653. The van der Waals surface area contributed by atoms with Gasteiger partial charge in [0.1, 0.15) is 11.6 Å². The number of amides is 1. The van der Waals surface area contributed by atoms with Crippen LogP contribution in [0, 0.1) is 6.92 Å². The van der Waals surface area contributed by atoms with E-state index in [4.69, 9.17) is 9.72 Å². The zero-order valence-electron chi connectivity index (χ0n) is 16.7. The lowest BCUT2D eigenvalue weighted by Gasteiger charge is -2.30. The van der Waals surface area contributed by atoms with Crippen LogP contribution in [0.3, 0.4) is 0 Å². The molecule has 0 unspecified atom stereocenters. The molecule has 0 bridgehead atoms. The van der Waals surface area contributed by atoms with E-state index < -0.39 is 0 Å². The fourth-order valence-corrected chi connectivity index (χ4v) is 3.86. The standard InChI is InChI=1S/C24H27N3O2/c1-17-5-4-7-21(15-17)29-16-24(28)26-20-12-10-19(11-13-20)25-23-14-9-18-6-2-3-8-22(18)27-23/h2-9,14-15,19-20H,10-13,16H2,1H3,(H,25,27)(H,26,28)/t19-,20+. The predicted octanol–water partition coefficient (Wildman–Crippen LogP) is 4.46. The molecule has 0 spiro atoms. The summed E-state index contributed by atoms with van der Waals surface area (Å²) in [4.78, 5) is 16.9. The molecule has 1 aromatic heterocycles. The third kappa shape index (κ3) is 5.25. The summed E-state index contributed by atoms with van der Waals surface area (Å²) in [6.45, 7) is 2.06. The first-order valence-electron chi connectivity index (χ1n) is 10.3. The second-order valence-electron chi connectivity index (χ2n) is 7.75. The van der Waals surface area contributed by atoms with Crippen LogP contribution in [0.5, 0.6) is 5.75 Å². The van der Waals surface area contributed by atoms with Gasteiger partial charge in [-0.15, -0.1) is 0 Å². The Kier molecular flexibility index (Phi) is 5.94. The van der Waals surface area contributed by atoms with E-state index in [9.17, 15) is 4.79 Å². The Bertz CT molecular complexity index is 981. The Balaban J connectivity index is 1.22. The summed E-state index contributed by atoms with van der Waals surface area (Å²) < 4.78 is 5.59. The molecular formula is C24H27N3O2. The minimum atomic E-state index is -0.0564. The molecule has 0 saturated heterocycles. The Morgan fingerprint density at radius 1 is 1.00 bits per heavy atom. The van der Waals surface area contributed by atoms with Crippen molar-refractivity contribution in [3.63, 3.8) is 0 Å². The average molecular weight is 389 g/mol. The molecule has 0 radical (unpaired) electrons. The normalized spacial score (nSPS) is 18.9. The van der Waals surface area contributed by atoms with Gasteiger partial charge in [0.25, 0.3) is 5.91 Å². The number of aromatic nitrogens is 1. The van der Waals surface area contributed by atoms with E-state index in [0.29, 0.717) is 6.04 Å². The number of fused-ring (bicyclic) bond motifs is 1. The van der Waals surface area contributed by atoms with E-state index in [0.717, 1.165) is 53.7 Å². The van der Waals surface area contributed by atoms with Gasteiger partial charge in [-0.25, -0.2) is 4.98 Å². The highest BCUT2D eigenvalue weighted by molar-refractivity contribution is 5.80. The number of benzene rings is 2. The largest absolute Gasteiger partial charge is 0.484 e. The van der Waals surface area contributed by atoms with Gasteiger partial charge < -0.3 is 15.4 Å². The van der Waals surface area contributed by atoms with Crippen LogP contribution < -0.4 is 15.4 Å². The second kappa shape index (κ2) is 8.95. The van der Waals surface area contributed by atoms with Gasteiger partial charge in [0.05, 0.1) is 5.52 Å². The number of pyridine rings is 1. The first-order chi connectivity index (χ1) is 14.2. The average Bonchev–Trinajstić information content (AvgIpc) is 2.74. The minimum absolute atomic E-state index is 0.0564. The van der Waals surface area contributed by atoms with Crippen LogP contribution >= 0.6 is 0 Å². The predicted molar refractivity (Wildman–Crippen MR) is 116 cm³/mol. The molecule has 1 heterocycles. The van der Waals surface area contributed by atoms with Gasteiger partial charge in [-0.05, 0) is 68.5 Å². The van der Waals surface area contributed by atoms with E-state index in [1.807, 2.05) is 55.5 Å². The van der Waals surface area contributed by atoms with E-state index >= 15 is 0 Å². The van der Waals surface area contributed by atoms with Gasteiger partial charge in [-0.2, -0.15) is 0 Å². The maximum Gasteiger partial charge on any atom is 0.258 e. The van der Waals surface area contributed by atoms with E-state index in [2.05, 4.69) is 22.8 Å². The van der Waals surface area contributed by atoms with E-state index in [1.165, 1.54) is 0 Å². The molecule has 0 atom stereocenters.